The Bertz CT molecular complexity index is 694. The minimum Gasteiger partial charge on any atom is -0.465 e. The van der Waals surface area contributed by atoms with E-state index in [0.29, 0.717) is 21.7 Å². The number of nitrogens with zero attached hydrogens (tertiary/aromatic N) is 2. The fourth-order valence-corrected chi connectivity index (χ4v) is 2.00. The van der Waals surface area contributed by atoms with Gasteiger partial charge < -0.3 is 4.74 Å². The van der Waals surface area contributed by atoms with E-state index >= 15 is 0 Å². The van der Waals surface area contributed by atoms with Crippen molar-refractivity contribution >= 4 is 28.5 Å². The van der Waals surface area contributed by atoms with E-state index in [9.17, 15) is 9.59 Å². The van der Waals surface area contributed by atoms with Crippen LogP contribution >= 0.6 is 11.6 Å². The summed E-state index contributed by atoms with van der Waals surface area (Å²) in [4.78, 5) is 28.1. The molecule has 6 heteroatoms. The van der Waals surface area contributed by atoms with Crippen LogP contribution in [0.15, 0.2) is 23.0 Å². The van der Waals surface area contributed by atoms with E-state index in [2.05, 4.69) is 4.98 Å². The Hall–Kier alpha value is -1.88. The molecule has 5 nitrogen and oxygen atoms in total. The number of carbonyl (C=O) groups is 1. The highest BCUT2D eigenvalue weighted by Gasteiger charge is 2.12. The van der Waals surface area contributed by atoms with Gasteiger partial charge in [-0.25, -0.2) is 4.98 Å². The highest BCUT2D eigenvalue weighted by molar-refractivity contribution is 6.31. The number of benzene rings is 1. The molecule has 0 saturated heterocycles. The number of hydrogen-bond donors (Lipinski definition) is 0. The topological polar surface area (TPSA) is 61.2 Å². The lowest BCUT2D eigenvalue weighted by Gasteiger charge is -2.10. The smallest absolute Gasteiger partial charge is 0.326 e. The standard InChI is InChI=1S/C13H13ClN2O3/c1-3-19-12(17)7-16-8(2)15-11-5-4-9(14)6-10(11)13(16)18/h4-6H,3,7H2,1-2H3. The maximum Gasteiger partial charge on any atom is 0.326 e. The molecular formula is C13H13ClN2O3. The van der Waals surface area contributed by atoms with Gasteiger partial charge in [0.15, 0.2) is 0 Å². The van der Waals surface area contributed by atoms with Crippen molar-refractivity contribution in [2.75, 3.05) is 6.61 Å². The molecule has 1 heterocycles. The monoisotopic (exact) mass is 280 g/mol. The van der Waals surface area contributed by atoms with Gasteiger partial charge in [-0.15, -0.1) is 0 Å². The van der Waals surface area contributed by atoms with Gasteiger partial charge in [-0.2, -0.15) is 0 Å². The molecule has 19 heavy (non-hydrogen) atoms. The molecule has 0 spiro atoms. The van der Waals surface area contributed by atoms with Crippen LogP contribution < -0.4 is 5.56 Å². The molecule has 0 atom stereocenters. The third kappa shape index (κ3) is 2.76. The fraction of sp³-hybridized carbons (Fsp3) is 0.308. The number of carbonyl (C=O) groups excluding carboxylic acids is 1. The Morgan fingerprint density at radius 2 is 2.21 bits per heavy atom. The Morgan fingerprint density at radius 1 is 1.47 bits per heavy atom. The first kappa shape index (κ1) is 13.5. The maximum atomic E-state index is 12.3. The minimum atomic E-state index is -0.462. The molecule has 0 amide bonds. The second-order valence-electron chi connectivity index (χ2n) is 4.02. The molecule has 0 N–H and O–H groups in total. The van der Waals surface area contributed by atoms with Crippen molar-refractivity contribution in [1.82, 2.24) is 9.55 Å². The van der Waals surface area contributed by atoms with E-state index in [1.165, 1.54) is 4.57 Å². The van der Waals surface area contributed by atoms with Crippen molar-refractivity contribution in [3.05, 3.63) is 39.4 Å². The molecular weight excluding hydrogens is 268 g/mol. The fourth-order valence-electron chi connectivity index (χ4n) is 1.83. The number of aryl methyl sites for hydroxylation is 1. The highest BCUT2D eigenvalue weighted by atomic mass is 35.5. The predicted octanol–water partition coefficient (Wildman–Crippen LogP) is 1.92. The molecule has 2 aromatic rings. The zero-order valence-electron chi connectivity index (χ0n) is 10.6. The SMILES string of the molecule is CCOC(=O)Cn1c(C)nc2ccc(Cl)cc2c1=O. The Morgan fingerprint density at radius 3 is 2.89 bits per heavy atom. The summed E-state index contributed by atoms with van der Waals surface area (Å²) < 4.78 is 6.13. The predicted molar refractivity (Wildman–Crippen MR) is 72.4 cm³/mol. The highest BCUT2D eigenvalue weighted by Crippen LogP contribution is 2.15. The Balaban J connectivity index is 2.55. The molecule has 2 rings (SSSR count). The van der Waals surface area contributed by atoms with Gasteiger partial charge in [0.05, 0.1) is 17.5 Å². The van der Waals surface area contributed by atoms with Crippen molar-refractivity contribution in [3.63, 3.8) is 0 Å². The lowest BCUT2D eigenvalue weighted by Crippen LogP contribution is -2.28. The van der Waals surface area contributed by atoms with E-state index in [1.807, 2.05) is 0 Å². The number of ether oxygens (including phenoxy) is 1. The molecule has 100 valence electrons. The maximum absolute atomic E-state index is 12.3. The van der Waals surface area contributed by atoms with Gasteiger partial charge in [-0.1, -0.05) is 11.6 Å². The van der Waals surface area contributed by atoms with E-state index in [1.54, 1.807) is 32.0 Å². The molecule has 1 aromatic heterocycles. The van der Waals surface area contributed by atoms with Crippen LogP contribution in [0, 0.1) is 6.92 Å². The van der Waals surface area contributed by atoms with Gasteiger partial charge >= 0.3 is 5.97 Å². The first-order valence-corrected chi connectivity index (χ1v) is 6.23. The summed E-state index contributed by atoms with van der Waals surface area (Å²) in [7, 11) is 0. The molecule has 1 aromatic carbocycles. The second-order valence-corrected chi connectivity index (χ2v) is 4.45. The van der Waals surface area contributed by atoms with Gasteiger partial charge in [0, 0.05) is 5.02 Å². The van der Waals surface area contributed by atoms with Crippen LogP contribution in [0.3, 0.4) is 0 Å². The minimum absolute atomic E-state index is 0.145. The van der Waals surface area contributed by atoms with Crippen LogP contribution in [0.25, 0.3) is 10.9 Å². The number of rotatable bonds is 3. The average Bonchev–Trinajstić information content (AvgIpc) is 2.36. The van der Waals surface area contributed by atoms with Crippen LogP contribution in [0.2, 0.25) is 5.02 Å². The summed E-state index contributed by atoms with van der Waals surface area (Å²) in [5, 5.41) is 0.848. The van der Waals surface area contributed by atoms with E-state index in [-0.39, 0.29) is 18.7 Å². The van der Waals surface area contributed by atoms with Crippen LogP contribution in [0.4, 0.5) is 0 Å². The first-order valence-electron chi connectivity index (χ1n) is 5.85. The largest absolute Gasteiger partial charge is 0.465 e. The van der Waals surface area contributed by atoms with Gasteiger partial charge in [0.2, 0.25) is 0 Å². The van der Waals surface area contributed by atoms with Crippen LogP contribution in [-0.4, -0.2) is 22.1 Å². The number of fused-ring (bicyclic) bond motifs is 1. The number of hydrogen-bond acceptors (Lipinski definition) is 4. The van der Waals surface area contributed by atoms with Crippen LogP contribution in [0.1, 0.15) is 12.7 Å². The number of esters is 1. The summed E-state index contributed by atoms with van der Waals surface area (Å²) >= 11 is 5.87. The lowest BCUT2D eigenvalue weighted by molar-refractivity contribution is -0.143. The third-order valence-electron chi connectivity index (χ3n) is 2.70. The van der Waals surface area contributed by atoms with E-state index < -0.39 is 5.97 Å². The molecule has 0 radical (unpaired) electrons. The summed E-state index contributed by atoms with van der Waals surface area (Å²) in [6.45, 7) is 3.52. The van der Waals surface area contributed by atoms with Crippen molar-refractivity contribution in [2.45, 2.75) is 20.4 Å². The van der Waals surface area contributed by atoms with Crippen molar-refractivity contribution < 1.29 is 9.53 Å². The normalized spacial score (nSPS) is 10.7. The molecule has 0 saturated carbocycles. The quantitative estimate of drug-likeness (QED) is 0.806. The van der Waals surface area contributed by atoms with Gasteiger partial charge in [-0.05, 0) is 32.0 Å². The van der Waals surface area contributed by atoms with Crippen molar-refractivity contribution in [1.29, 1.82) is 0 Å². The summed E-state index contributed by atoms with van der Waals surface area (Å²) in [6, 6.07) is 4.90. The van der Waals surface area contributed by atoms with Crippen LogP contribution in [-0.2, 0) is 16.1 Å². The van der Waals surface area contributed by atoms with Crippen molar-refractivity contribution in [2.24, 2.45) is 0 Å². The van der Waals surface area contributed by atoms with Crippen molar-refractivity contribution in [3.8, 4) is 0 Å². The third-order valence-corrected chi connectivity index (χ3v) is 2.93. The van der Waals surface area contributed by atoms with E-state index in [0.717, 1.165) is 0 Å². The molecule has 0 bridgehead atoms. The Labute approximate surface area is 114 Å². The average molecular weight is 281 g/mol. The van der Waals surface area contributed by atoms with E-state index in [4.69, 9.17) is 16.3 Å². The Kier molecular flexibility index (Phi) is 3.85. The summed E-state index contributed by atoms with van der Waals surface area (Å²) in [5.41, 5.74) is 0.269. The molecule has 0 aliphatic carbocycles. The van der Waals surface area contributed by atoms with Gasteiger partial charge in [0.25, 0.3) is 5.56 Å². The molecule has 0 unspecified atom stereocenters. The zero-order valence-corrected chi connectivity index (χ0v) is 11.4. The summed E-state index contributed by atoms with van der Waals surface area (Å²) in [6.07, 6.45) is 0. The molecule has 0 aliphatic heterocycles. The number of aromatic nitrogens is 2. The second kappa shape index (κ2) is 5.40. The van der Waals surface area contributed by atoms with Gasteiger partial charge in [0.1, 0.15) is 12.4 Å². The zero-order chi connectivity index (χ0) is 14.0. The molecule has 0 fully saturated rings. The molecule has 0 aliphatic rings. The van der Waals surface area contributed by atoms with Gasteiger partial charge in [-0.3, -0.25) is 14.2 Å². The first-order chi connectivity index (χ1) is 9.02. The number of halogens is 1. The summed E-state index contributed by atoms with van der Waals surface area (Å²) in [5.74, 6) is 0.00348. The van der Waals surface area contributed by atoms with Crippen LogP contribution in [0.5, 0.6) is 0 Å². The lowest BCUT2D eigenvalue weighted by atomic mass is 10.2.